The first kappa shape index (κ1) is 8.94. The van der Waals surface area contributed by atoms with Crippen LogP contribution in [0.25, 0.3) is 0 Å². The van der Waals surface area contributed by atoms with E-state index in [9.17, 15) is 9.59 Å². The summed E-state index contributed by atoms with van der Waals surface area (Å²) in [7, 11) is 0. The van der Waals surface area contributed by atoms with Crippen LogP contribution in [-0.2, 0) is 4.79 Å². The molecule has 0 spiro atoms. The first-order valence-electron chi connectivity index (χ1n) is 4.46. The van der Waals surface area contributed by atoms with Crippen molar-refractivity contribution in [1.82, 2.24) is 0 Å². The van der Waals surface area contributed by atoms with E-state index in [1.54, 1.807) is 12.1 Å². The van der Waals surface area contributed by atoms with Gasteiger partial charge in [-0.1, -0.05) is 23.8 Å². The van der Waals surface area contributed by atoms with Crippen LogP contribution in [0.1, 0.15) is 33.8 Å². The maximum absolute atomic E-state index is 11.4. The Labute approximate surface area is 81.4 Å². The Morgan fingerprint density at radius 2 is 2.21 bits per heavy atom. The lowest BCUT2D eigenvalue weighted by Crippen LogP contribution is -2.08. The molecule has 1 aliphatic rings. The van der Waals surface area contributed by atoms with Gasteiger partial charge in [0, 0.05) is 12.0 Å². The zero-order chi connectivity index (χ0) is 10.3. The summed E-state index contributed by atoms with van der Waals surface area (Å²) in [5.41, 5.74) is 2.23. The van der Waals surface area contributed by atoms with Crippen molar-refractivity contribution in [2.45, 2.75) is 19.3 Å². The van der Waals surface area contributed by atoms with E-state index in [1.165, 1.54) is 0 Å². The van der Waals surface area contributed by atoms with Crippen LogP contribution < -0.4 is 0 Å². The van der Waals surface area contributed by atoms with E-state index in [-0.39, 0.29) is 12.2 Å². The first-order chi connectivity index (χ1) is 6.59. The molecular weight excluding hydrogens is 180 g/mol. The fraction of sp³-hybridized carbons (Fsp3) is 0.273. The zero-order valence-corrected chi connectivity index (χ0v) is 7.78. The second kappa shape index (κ2) is 2.94. The van der Waals surface area contributed by atoms with Gasteiger partial charge in [-0.2, -0.15) is 0 Å². The van der Waals surface area contributed by atoms with Crippen molar-refractivity contribution >= 4 is 11.8 Å². The number of ketones is 1. The van der Waals surface area contributed by atoms with E-state index < -0.39 is 11.9 Å². The Morgan fingerprint density at radius 3 is 2.86 bits per heavy atom. The number of fused-ring (bicyclic) bond motifs is 1. The number of carboxylic acid groups (broad SMARTS) is 1. The van der Waals surface area contributed by atoms with Crippen molar-refractivity contribution in [3.8, 4) is 0 Å². The maximum atomic E-state index is 11.4. The van der Waals surface area contributed by atoms with E-state index in [4.69, 9.17) is 5.11 Å². The number of hydrogen-bond donors (Lipinski definition) is 1. The minimum absolute atomic E-state index is 0.0626. The second-order valence-corrected chi connectivity index (χ2v) is 3.61. The SMILES string of the molecule is Cc1ccc2c(c1)[C@H](C(=O)O)CC2=O. The molecule has 0 amide bonds. The van der Waals surface area contributed by atoms with E-state index in [1.807, 2.05) is 13.0 Å². The third kappa shape index (κ3) is 1.21. The highest BCUT2D eigenvalue weighted by molar-refractivity contribution is 6.05. The minimum atomic E-state index is -0.914. The molecule has 0 saturated heterocycles. The van der Waals surface area contributed by atoms with Gasteiger partial charge >= 0.3 is 5.97 Å². The van der Waals surface area contributed by atoms with E-state index >= 15 is 0 Å². The summed E-state index contributed by atoms with van der Waals surface area (Å²) < 4.78 is 0. The fourth-order valence-corrected chi connectivity index (χ4v) is 1.85. The Hall–Kier alpha value is -1.64. The van der Waals surface area contributed by atoms with Gasteiger partial charge in [-0.05, 0) is 12.5 Å². The summed E-state index contributed by atoms with van der Waals surface area (Å²) in [5, 5.41) is 8.92. The summed E-state index contributed by atoms with van der Waals surface area (Å²) in [5.74, 6) is -1.62. The van der Waals surface area contributed by atoms with Gasteiger partial charge in [-0.25, -0.2) is 0 Å². The lowest BCUT2D eigenvalue weighted by molar-refractivity contribution is -0.138. The largest absolute Gasteiger partial charge is 0.481 e. The number of carbonyl (C=O) groups is 2. The van der Waals surface area contributed by atoms with Gasteiger partial charge in [-0.3, -0.25) is 9.59 Å². The van der Waals surface area contributed by atoms with Gasteiger partial charge in [-0.15, -0.1) is 0 Å². The molecule has 3 nitrogen and oxygen atoms in total. The number of benzene rings is 1. The Bertz CT molecular complexity index is 421. The van der Waals surface area contributed by atoms with E-state index in [0.29, 0.717) is 11.1 Å². The van der Waals surface area contributed by atoms with E-state index in [0.717, 1.165) is 5.56 Å². The molecule has 72 valence electrons. The van der Waals surface area contributed by atoms with Crippen molar-refractivity contribution in [3.63, 3.8) is 0 Å². The summed E-state index contributed by atoms with van der Waals surface area (Å²) >= 11 is 0. The van der Waals surface area contributed by atoms with Gasteiger partial charge in [0.2, 0.25) is 0 Å². The molecule has 1 atom stereocenters. The average Bonchev–Trinajstić information content (AvgIpc) is 2.43. The highest BCUT2D eigenvalue weighted by Crippen LogP contribution is 2.33. The molecular formula is C11H10O3. The molecule has 1 N–H and O–H groups in total. The van der Waals surface area contributed by atoms with Crippen LogP contribution in [-0.4, -0.2) is 16.9 Å². The lowest BCUT2D eigenvalue weighted by atomic mass is 10.00. The quantitative estimate of drug-likeness (QED) is 0.733. The topological polar surface area (TPSA) is 54.4 Å². The molecule has 0 aromatic heterocycles. The van der Waals surface area contributed by atoms with Gasteiger partial charge in [0.15, 0.2) is 5.78 Å². The molecule has 0 heterocycles. The lowest BCUT2D eigenvalue weighted by Gasteiger charge is -2.04. The van der Waals surface area contributed by atoms with Crippen LogP contribution in [0.5, 0.6) is 0 Å². The molecule has 0 unspecified atom stereocenters. The predicted octanol–water partition coefficient (Wildman–Crippen LogP) is 1.75. The van der Waals surface area contributed by atoms with Crippen molar-refractivity contribution in [3.05, 3.63) is 34.9 Å². The Balaban J connectivity index is 2.56. The van der Waals surface area contributed by atoms with Crippen molar-refractivity contribution in [2.75, 3.05) is 0 Å². The molecule has 3 heteroatoms. The summed E-state index contributed by atoms with van der Waals surface area (Å²) in [6.45, 7) is 1.89. The number of carbonyl (C=O) groups excluding carboxylic acids is 1. The van der Waals surface area contributed by atoms with Gasteiger partial charge < -0.3 is 5.11 Å². The van der Waals surface area contributed by atoms with Crippen LogP contribution in [0, 0.1) is 6.92 Å². The summed E-state index contributed by atoms with van der Waals surface area (Å²) in [4.78, 5) is 22.3. The zero-order valence-electron chi connectivity index (χ0n) is 7.78. The standard InChI is InChI=1S/C11H10O3/c1-6-2-3-7-8(4-6)9(11(13)14)5-10(7)12/h2-4,9H,5H2,1H3,(H,13,14)/t9-/m1/s1. The molecule has 0 aliphatic heterocycles. The van der Waals surface area contributed by atoms with Gasteiger partial charge in [0.1, 0.15) is 0 Å². The predicted molar refractivity (Wildman–Crippen MR) is 50.5 cm³/mol. The molecule has 2 rings (SSSR count). The van der Waals surface area contributed by atoms with Gasteiger partial charge in [0.05, 0.1) is 5.92 Å². The molecule has 0 fully saturated rings. The number of carboxylic acids is 1. The third-order valence-electron chi connectivity index (χ3n) is 2.57. The highest BCUT2D eigenvalue weighted by Gasteiger charge is 2.33. The first-order valence-corrected chi connectivity index (χ1v) is 4.46. The van der Waals surface area contributed by atoms with Crippen molar-refractivity contribution in [2.24, 2.45) is 0 Å². The molecule has 1 aliphatic carbocycles. The number of aliphatic carboxylic acids is 1. The normalized spacial score (nSPS) is 19.5. The molecule has 1 aromatic rings. The molecule has 1 aromatic carbocycles. The van der Waals surface area contributed by atoms with Crippen LogP contribution in [0.3, 0.4) is 0 Å². The number of hydrogen-bond acceptors (Lipinski definition) is 2. The summed E-state index contributed by atoms with van der Waals surface area (Å²) in [6.07, 6.45) is 0.105. The van der Waals surface area contributed by atoms with Crippen molar-refractivity contribution < 1.29 is 14.7 Å². The molecule has 0 radical (unpaired) electrons. The second-order valence-electron chi connectivity index (χ2n) is 3.61. The highest BCUT2D eigenvalue weighted by atomic mass is 16.4. The average molecular weight is 190 g/mol. The summed E-state index contributed by atoms with van der Waals surface area (Å²) in [6, 6.07) is 5.34. The monoisotopic (exact) mass is 190 g/mol. The molecule has 0 bridgehead atoms. The Kier molecular flexibility index (Phi) is 1.88. The minimum Gasteiger partial charge on any atom is -0.481 e. The third-order valence-corrected chi connectivity index (χ3v) is 2.57. The number of rotatable bonds is 1. The van der Waals surface area contributed by atoms with Gasteiger partial charge in [0.25, 0.3) is 0 Å². The molecule has 14 heavy (non-hydrogen) atoms. The van der Waals surface area contributed by atoms with E-state index in [2.05, 4.69) is 0 Å². The number of Topliss-reactive ketones (excluding diaryl/α,β-unsaturated/α-hetero) is 1. The number of aryl methyl sites for hydroxylation is 1. The fourth-order valence-electron chi connectivity index (χ4n) is 1.85. The van der Waals surface area contributed by atoms with Crippen molar-refractivity contribution in [1.29, 1.82) is 0 Å². The van der Waals surface area contributed by atoms with Crippen LogP contribution >= 0.6 is 0 Å². The van der Waals surface area contributed by atoms with Crippen LogP contribution in [0.4, 0.5) is 0 Å². The smallest absolute Gasteiger partial charge is 0.311 e. The Morgan fingerprint density at radius 1 is 1.50 bits per heavy atom. The van der Waals surface area contributed by atoms with Crippen LogP contribution in [0.15, 0.2) is 18.2 Å². The maximum Gasteiger partial charge on any atom is 0.311 e. The van der Waals surface area contributed by atoms with Crippen LogP contribution in [0.2, 0.25) is 0 Å². The molecule has 0 saturated carbocycles.